The Balaban J connectivity index is 1.85. The van der Waals surface area contributed by atoms with Gasteiger partial charge in [0.05, 0.1) is 30.8 Å². The van der Waals surface area contributed by atoms with Crippen LogP contribution in [0.25, 0.3) is 22.7 Å². The van der Waals surface area contributed by atoms with E-state index in [1.807, 2.05) is 35.2 Å². The minimum Gasteiger partial charge on any atom is -0.481 e. The molecular weight excluding hydrogens is 280 g/mol. The summed E-state index contributed by atoms with van der Waals surface area (Å²) >= 11 is 0. The number of rotatable bonds is 3. The Kier molecular flexibility index (Phi) is 2.82. The quantitative estimate of drug-likeness (QED) is 0.577. The van der Waals surface area contributed by atoms with Crippen LogP contribution >= 0.6 is 0 Å². The molecular formula is C15H12N6O. The molecule has 4 heterocycles. The molecule has 4 aromatic rings. The highest BCUT2D eigenvalue weighted by molar-refractivity contribution is 5.73. The lowest BCUT2D eigenvalue weighted by Gasteiger charge is -2.07. The third-order valence-electron chi connectivity index (χ3n) is 3.37. The number of hydrogen-bond donors (Lipinski definition) is 0. The minimum absolute atomic E-state index is 0.572. The van der Waals surface area contributed by atoms with Gasteiger partial charge in [-0.1, -0.05) is 0 Å². The summed E-state index contributed by atoms with van der Waals surface area (Å²) in [4.78, 5) is 13.0. The van der Waals surface area contributed by atoms with Crippen molar-refractivity contribution in [2.24, 2.45) is 0 Å². The highest BCUT2D eigenvalue weighted by atomic mass is 16.5. The van der Waals surface area contributed by atoms with Gasteiger partial charge < -0.3 is 4.74 Å². The fraction of sp³-hybridized carbons (Fsp3) is 0.0667. The van der Waals surface area contributed by atoms with E-state index in [9.17, 15) is 0 Å². The van der Waals surface area contributed by atoms with Gasteiger partial charge in [0, 0.05) is 30.9 Å². The van der Waals surface area contributed by atoms with Crippen LogP contribution in [0.3, 0.4) is 0 Å². The zero-order valence-corrected chi connectivity index (χ0v) is 11.8. The lowest BCUT2D eigenvalue weighted by Crippen LogP contribution is -1.98. The summed E-state index contributed by atoms with van der Waals surface area (Å²) in [5, 5.41) is 4.30. The normalized spacial score (nSPS) is 11.0. The number of ether oxygens (including phenoxy) is 1. The molecule has 0 aliphatic rings. The van der Waals surface area contributed by atoms with Crippen LogP contribution in [0.15, 0.2) is 55.4 Å². The standard InChI is InChI=1S/C15H12N6O/c1-22-13-4-3-11(9-18-13)20-8-6-17-14(20)12-10-19-21-7-2-5-16-15(12)21/h2-10H,1H3. The summed E-state index contributed by atoms with van der Waals surface area (Å²) in [6.45, 7) is 0. The molecule has 0 saturated heterocycles. The second-order valence-electron chi connectivity index (χ2n) is 4.63. The summed E-state index contributed by atoms with van der Waals surface area (Å²) in [6.07, 6.45) is 10.7. The zero-order chi connectivity index (χ0) is 14.9. The third-order valence-corrected chi connectivity index (χ3v) is 3.37. The van der Waals surface area contributed by atoms with Crippen LogP contribution in [-0.4, -0.2) is 36.2 Å². The van der Waals surface area contributed by atoms with E-state index in [4.69, 9.17) is 4.74 Å². The van der Waals surface area contributed by atoms with Gasteiger partial charge in [-0.05, 0) is 12.1 Å². The van der Waals surface area contributed by atoms with E-state index in [2.05, 4.69) is 20.1 Å². The molecule has 0 spiro atoms. The fourth-order valence-corrected chi connectivity index (χ4v) is 2.33. The molecule has 7 nitrogen and oxygen atoms in total. The van der Waals surface area contributed by atoms with Gasteiger partial charge in [0.15, 0.2) is 5.65 Å². The molecule has 0 aromatic carbocycles. The van der Waals surface area contributed by atoms with E-state index in [-0.39, 0.29) is 0 Å². The number of pyridine rings is 1. The lowest BCUT2D eigenvalue weighted by molar-refractivity contribution is 0.398. The van der Waals surface area contributed by atoms with Gasteiger partial charge in [0.25, 0.3) is 0 Å². The first-order chi connectivity index (χ1) is 10.9. The number of imidazole rings is 1. The van der Waals surface area contributed by atoms with E-state index in [1.54, 1.807) is 36.4 Å². The zero-order valence-electron chi connectivity index (χ0n) is 11.8. The Morgan fingerprint density at radius 1 is 1.00 bits per heavy atom. The van der Waals surface area contributed by atoms with E-state index < -0.39 is 0 Å². The summed E-state index contributed by atoms with van der Waals surface area (Å²) in [6, 6.07) is 5.58. The Hall–Kier alpha value is -3.22. The molecule has 108 valence electrons. The van der Waals surface area contributed by atoms with Crippen molar-refractivity contribution in [1.82, 2.24) is 29.1 Å². The first-order valence-corrected chi connectivity index (χ1v) is 6.69. The Morgan fingerprint density at radius 3 is 2.77 bits per heavy atom. The van der Waals surface area contributed by atoms with Crippen molar-refractivity contribution in [3.63, 3.8) is 0 Å². The smallest absolute Gasteiger partial charge is 0.213 e. The van der Waals surface area contributed by atoms with Crippen LogP contribution in [0.1, 0.15) is 0 Å². The molecule has 0 fully saturated rings. The minimum atomic E-state index is 0.572. The van der Waals surface area contributed by atoms with Crippen molar-refractivity contribution >= 4 is 5.65 Å². The third kappa shape index (κ3) is 1.91. The Morgan fingerprint density at radius 2 is 1.95 bits per heavy atom. The maximum atomic E-state index is 5.09. The predicted octanol–water partition coefficient (Wildman–Crippen LogP) is 1.99. The van der Waals surface area contributed by atoms with Crippen molar-refractivity contribution < 1.29 is 4.74 Å². The van der Waals surface area contributed by atoms with Crippen molar-refractivity contribution in [2.75, 3.05) is 7.11 Å². The predicted molar refractivity (Wildman–Crippen MR) is 79.9 cm³/mol. The Bertz CT molecular complexity index is 925. The number of fused-ring (bicyclic) bond motifs is 1. The van der Waals surface area contributed by atoms with Crippen LogP contribution in [0.2, 0.25) is 0 Å². The largest absolute Gasteiger partial charge is 0.481 e. The van der Waals surface area contributed by atoms with Crippen LogP contribution in [0.5, 0.6) is 5.88 Å². The van der Waals surface area contributed by atoms with Gasteiger partial charge in [-0.3, -0.25) is 4.57 Å². The van der Waals surface area contributed by atoms with E-state index >= 15 is 0 Å². The average Bonchev–Trinajstić information content (AvgIpc) is 3.21. The molecule has 4 rings (SSSR count). The number of methoxy groups -OCH3 is 1. The van der Waals surface area contributed by atoms with E-state index in [1.165, 1.54) is 0 Å². The molecule has 0 saturated carbocycles. The topological polar surface area (TPSA) is 70.1 Å². The van der Waals surface area contributed by atoms with Gasteiger partial charge in [-0.2, -0.15) is 5.10 Å². The van der Waals surface area contributed by atoms with Crippen molar-refractivity contribution in [2.45, 2.75) is 0 Å². The highest BCUT2D eigenvalue weighted by Crippen LogP contribution is 2.24. The molecule has 0 unspecified atom stereocenters. The molecule has 4 aromatic heterocycles. The maximum absolute atomic E-state index is 5.09. The van der Waals surface area contributed by atoms with Crippen molar-refractivity contribution in [3.8, 4) is 23.0 Å². The Labute approximate surface area is 125 Å². The lowest BCUT2D eigenvalue weighted by atomic mass is 10.3. The van der Waals surface area contributed by atoms with Gasteiger partial charge >= 0.3 is 0 Å². The first kappa shape index (κ1) is 12.5. The van der Waals surface area contributed by atoms with Crippen LogP contribution in [0, 0.1) is 0 Å². The first-order valence-electron chi connectivity index (χ1n) is 6.69. The van der Waals surface area contributed by atoms with Gasteiger partial charge in [0.2, 0.25) is 5.88 Å². The monoisotopic (exact) mass is 292 g/mol. The van der Waals surface area contributed by atoms with E-state index in [0.717, 1.165) is 22.7 Å². The number of hydrogen-bond acceptors (Lipinski definition) is 5. The molecule has 22 heavy (non-hydrogen) atoms. The molecule has 0 atom stereocenters. The van der Waals surface area contributed by atoms with Crippen LogP contribution in [-0.2, 0) is 0 Å². The molecule has 0 aliphatic heterocycles. The molecule has 0 amide bonds. The average molecular weight is 292 g/mol. The van der Waals surface area contributed by atoms with Gasteiger partial charge in [-0.15, -0.1) is 0 Å². The second-order valence-corrected chi connectivity index (χ2v) is 4.63. The number of nitrogens with zero attached hydrogens (tertiary/aromatic N) is 6. The van der Waals surface area contributed by atoms with Crippen molar-refractivity contribution in [1.29, 1.82) is 0 Å². The van der Waals surface area contributed by atoms with E-state index in [0.29, 0.717) is 5.88 Å². The SMILES string of the molecule is COc1ccc(-n2ccnc2-c2cnn3cccnc23)cn1. The summed E-state index contributed by atoms with van der Waals surface area (Å²) in [5.41, 5.74) is 2.52. The molecule has 0 aliphatic carbocycles. The maximum Gasteiger partial charge on any atom is 0.213 e. The van der Waals surface area contributed by atoms with Crippen LogP contribution in [0.4, 0.5) is 0 Å². The molecule has 0 bridgehead atoms. The van der Waals surface area contributed by atoms with Crippen molar-refractivity contribution in [3.05, 3.63) is 55.4 Å². The molecule has 7 heteroatoms. The highest BCUT2D eigenvalue weighted by Gasteiger charge is 2.14. The summed E-state index contributed by atoms with van der Waals surface area (Å²) < 4.78 is 8.75. The van der Waals surface area contributed by atoms with Gasteiger partial charge in [-0.25, -0.2) is 19.5 Å². The molecule has 0 radical (unpaired) electrons. The second kappa shape index (κ2) is 4.96. The van der Waals surface area contributed by atoms with Crippen LogP contribution < -0.4 is 4.74 Å². The fourth-order valence-electron chi connectivity index (χ4n) is 2.33. The summed E-state index contributed by atoms with van der Waals surface area (Å²) in [7, 11) is 1.59. The number of aromatic nitrogens is 6. The molecule has 0 N–H and O–H groups in total. The summed E-state index contributed by atoms with van der Waals surface area (Å²) in [5.74, 6) is 1.34. The van der Waals surface area contributed by atoms with Gasteiger partial charge in [0.1, 0.15) is 5.82 Å².